The van der Waals surface area contributed by atoms with E-state index in [1.54, 1.807) is 12.2 Å². The molecule has 2 N–H and O–H groups in total. The minimum atomic E-state index is -1.14. The molecule has 0 fully saturated rings. The molecule has 22 heavy (non-hydrogen) atoms. The SMILES string of the molecule is CCC=CC=C1C(=O)C=CC1(O)CCCCCCCC(=O)O. The Labute approximate surface area is 132 Å². The van der Waals surface area contributed by atoms with Crippen LogP contribution >= 0.6 is 0 Å². The summed E-state index contributed by atoms with van der Waals surface area (Å²) in [6.07, 6.45) is 14.4. The fourth-order valence-electron chi connectivity index (χ4n) is 2.55. The third-order valence-electron chi connectivity index (χ3n) is 3.83. The number of hydrogen-bond acceptors (Lipinski definition) is 3. The normalized spacial score (nSPS) is 23.0. The van der Waals surface area contributed by atoms with Crippen LogP contribution in [-0.2, 0) is 9.59 Å². The van der Waals surface area contributed by atoms with Crippen molar-refractivity contribution in [3.8, 4) is 0 Å². The van der Waals surface area contributed by atoms with Crippen molar-refractivity contribution in [3.05, 3.63) is 36.0 Å². The van der Waals surface area contributed by atoms with E-state index >= 15 is 0 Å². The number of ketones is 1. The van der Waals surface area contributed by atoms with Gasteiger partial charge in [-0.05, 0) is 37.8 Å². The molecule has 0 aliphatic heterocycles. The smallest absolute Gasteiger partial charge is 0.303 e. The van der Waals surface area contributed by atoms with Gasteiger partial charge in [-0.1, -0.05) is 44.4 Å². The van der Waals surface area contributed by atoms with Crippen LogP contribution in [0.1, 0.15) is 58.3 Å². The first-order chi connectivity index (χ1) is 10.5. The first-order valence-electron chi connectivity index (χ1n) is 8.04. The van der Waals surface area contributed by atoms with E-state index in [0.717, 1.165) is 32.1 Å². The van der Waals surface area contributed by atoms with Crippen LogP contribution in [0.25, 0.3) is 0 Å². The second kappa shape index (κ2) is 9.36. The second-order valence-electron chi connectivity index (χ2n) is 5.70. The van der Waals surface area contributed by atoms with Gasteiger partial charge >= 0.3 is 5.97 Å². The number of carboxylic acids is 1. The van der Waals surface area contributed by atoms with Gasteiger partial charge in [-0.3, -0.25) is 9.59 Å². The van der Waals surface area contributed by atoms with Gasteiger partial charge in [-0.15, -0.1) is 0 Å². The molecule has 1 rings (SSSR count). The van der Waals surface area contributed by atoms with Crippen LogP contribution in [0.15, 0.2) is 36.0 Å². The van der Waals surface area contributed by atoms with E-state index in [-0.39, 0.29) is 12.2 Å². The summed E-state index contributed by atoms with van der Waals surface area (Å²) in [7, 11) is 0. The van der Waals surface area contributed by atoms with Gasteiger partial charge in [0.2, 0.25) is 0 Å². The van der Waals surface area contributed by atoms with Gasteiger partial charge in [-0.25, -0.2) is 0 Å². The molecule has 0 aromatic carbocycles. The van der Waals surface area contributed by atoms with Gasteiger partial charge in [0.25, 0.3) is 0 Å². The topological polar surface area (TPSA) is 74.6 Å². The maximum Gasteiger partial charge on any atom is 0.303 e. The molecule has 0 radical (unpaired) electrons. The Balaban J connectivity index is 2.37. The molecule has 1 atom stereocenters. The van der Waals surface area contributed by atoms with Gasteiger partial charge < -0.3 is 10.2 Å². The standard InChI is InChI=1S/C18H26O4/c1-2-3-7-10-15-16(19)12-14-18(15,22)13-9-6-4-5-8-11-17(20)21/h3,7,10,12,14,22H,2,4-6,8-9,11,13H2,1H3,(H,20,21). The number of aliphatic carboxylic acids is 1. The Morgan fingerprint density at radius 3 is 2.59 bits per heavy atom. The highest BCUT2D eigenvalue weighted by molar-refractivity contribution is 6.09. The fourth-order valence-corrected chi connectivity index (χ4v) is 2.55. The summed E-state index contributed by atoms with van der Waals surface area (Å²) in [5, 5.41) is 19.2. The molecular weight excluding hydrogens is 280 g/mol. The van der Waals surface area contributed by atoms with E-state index in [2.05, 4.69) is 0 Å². The van der Waals surface area contributed by atoms with Crippen molar-refractivity contribution in [3.63, 3.8) is 0 Å². The van der Waals surface area contributed by atoms with Gasteiger partial charge in [0.15, 0.2) is 5.78 Å². The van der Waals surface area contributed by atoms with Crippen LogP contribution in [-0.4, -0.2) is 27.6 Å². The van der Waals surface area contributed by atoms with E-state index in [0.29, 0.717) is 18.4 Å². The minimum absolute atomic E-state index is 0.121. The summed E-state index contributed by atoms with van der Waals surface area (Å²) in [5.74, 6) is -0.872. The quantitative estimate of drug-likeness (QED) is 0.478. The molecule has 0 heterocycles. The molecule has 4 heteroatoms. The maximum atomic E-state index is 11.8. The molecule has 1 aliphatic rings. The number of allylic oxidation sites excluding steroid dienone is 4. The monoisotopic (exact) mass is 306 g/mol. The van der Waals surface area contributed by atoms with Crippen LogP contribution in [0.5, 0.6) is 0 Å². The largest absolute Gasteiger partial charge is 0.481 e. The van der Waals surface area contributed by atoms with Crippen molar-refractivity contribution in [1.29, 1.82) is 0 Å². The van der Waals surface area contributed by atoms with Gasteiger partial charge in [0, 0.05) is 12.0 Å². The summed E-state index contributed by atoms with van der Waals surface area (Å²) in [6, 6.07) is 0. The lowest BCUT2D eigenvalue weighted by atomic mass is 9.90. The van der Waals surface area contributed by atoms with Gasteiger partial charge in [-0.2, -0.15) is 0 Å². The summed E-state index contributed by atoms with van der Waals surface area (Å²) in [5.41, 5.74) is -0.695. The average Bonchev–Trinajstić information content (AvgIpc) is 2.75. The zero-order valence-electron chi connectivity index (χ0n) is 13.3. The lowest BCUT2D eigenvalue weighted by Crippen LogP contribution is -2.27. The molecule has 122 valence electrons. The van der Waals surface area contributed by atoms with E-state index < -0.39 is 11.6 Å². The molecular formula is C18H26O4. The molecule has 0 amide bonds. The number of carbonyl (C=O) groups is 2. The molecule has 0 aromatic rings. The van der Waals surface area contributed by atoms with Crippen molar-refractivity contribution >= 4 is 11.8 Å². The Morgan fingerprint density at radius 2 is 1.91 bits per heavy atom. The Bertz CT molecular complexity index is 473. The van der Waals surface area contributed by atoms with E-state index in [4.69, 9.17) is 5.11 Å². The highest BCUT2D eigenvalue weighted by Gasteiger charge is 2.36. The second-order valence-corrected chi connectivity index (χ2v) is 5.70. The molecule has 0 saturated carbocycles. The van der Waals surface area contributed by atoms with Crippen molar-refractivity contribution in [2.75, 3.05) is 0 Å². The number of carboxylic acid groups (broad SMARTS) is 1. The summed E-state index contributed by atoms with van der Waals surface area (Å²) in [4.78, 5) is 22.2. The number of rotatable bonds is 10. The van der Waals surface area contributed by atoms with Crippen molar-refractivity contribution < 1.29 is 19.8 Å². The van der Waals surface area contributed by atoms with Crippen LogP contribution in [0, 0.1) is 0 Å². The van der Waals surface area contributed by atoms with E-state index in [1.165, 1.54) is 6.08 Å². The van der Waals surface area contributed by atoms with E-state index in [1.807, 2.05) is 19.1 Å². The van der Waals surface area contributed by atoms with Gasteiger partial charge in [0.1, 0.15) is 5.60 Å². The van der Waals surface area contributed by atoms with Crippen LogP contribution in [0.3, 0.4) is 0 Å². The highest BCUT2D eigenvalue weighted by atomic mass is 16.4. The number of unbranched alkanes of at least 4 members (excludes halogenated alkanes) is 4. The average molecular weight is 306 g/mol. The predicted octanol–water partition coefficient (Wildman–Crippen LogP) is 3.56. The highest BCUT2D eigenvalue weighted by Crippen LogP contribution is 2.31. The molecule has 0 bridgehead atoms. The zero-order valence-corrected chi connectivity index (χ0v) is 13.3. The third kappa shape index (κ3) is 5.98. The Kier molecular flexibility index (Phi) is 7.82. The first-order valence-corrected chi connectivity index (χ1v) is 8.04. The van der Waals surface area contributed by atoms with Crippen LogP contribution in [0.2, 0.25) is 0 Å². The van der Waals surface area contributed by atoms with Crippen molar-refractivity contribution in [2.45, 2.75) is 63.9 Å². The summed E-state index contributed by atoms with van der Waals surface area (Å²) < 4.78 is 0. The zero-order chi connectivity index (χ0) is 16.4. The maximum absolute atomic E-state index is 11.8. The number of aliphatic hydroxyl groups is 1. The number of carbonyl (C=O) groups excluding carboxylic acids is 1. The van der Waals surface area contributed by atoms with Crippen LogP contribution in [0.4, 0.5) is 0 Å². The lowest BCUT2D eigenvalue weighted by molar-refractivity contribution is -0.137. The predicted molar refractivity (Wildman–Crippen MR) is 86.6 cm³/mol. The van der Waals surface area contributed by atoms with Crippen molar-refractivity contribution in [2.24, 2.45) is 0 Å². The molecule has 1 unspecified atom stereocenters. The lowest BCUT2D eigenvalue weighted by Gasteiger charge is -2.22. The summed E-state index contributed by atoms with van der Waals surface area (Å²) >= 11 is 0. The summed E-state index contributed by atoms with van der Waals surface area (Å²) in [6.45, 7) is 2.01. The molecule has 0 aromatic heterocycles. The van der Waals surface area contributed by atoms with Crippen LogP contribution < -0.4 is 0 Å². The first kappa shape index (κ1) is 18.4. The third-order valence-corrected chi connectivity index (χ3v) is 3.83. The Hall–Kier alpha value is -1.68. The minimum Gasteiger partial charge on any atom is -0.481 e. The van der Waals surface area contributed by atoms with Crippen molar-refractivity contribution in [1.82, 2.24) is 0 Å². The number of hydrogen-bond donors (Lipinski definition) is 2. The molecule has 1 aliphatic carbocycles. The fraction of sp³-hybridized carbons (Fsp3) is 0.556. The Morgan fingerprint density at radius 1 is 1.23 bits per heavy atom. The molecule has 4 nitrogen and oxygen atoms in total. The van der Waals surface area contributed by atoms with E-state index in [9.17, 15) is 14.7 Å². The van der Waals surface area contributed by atoms with Gasteiger partial charge in [0.05, 0.1) is 0 Å². The molecule has 0 spiro atoms. The molecule has 0 saturated heterocycles.